The molecule has 0 atom stereocenters. The monoisotopic (exact) mass is 130 g/mol. The van der Waals surface area contributed by atoms with Crippen molar-refractivity contribution in [3.05, 3.63) is 41.4 Å². The van der Waals surface area contributed by atoms with Crippen molar-refractivity contribution in [3.8, 4) is 0 Å². The molecule has 0 aliphatic heterocycles. The van der Waals surface area contributed by atoms with Crippen LogP contribution in [-0.4, -0.2) is 10.7 Å². The van der Waals surface area contributed by atoms with Crippen molar-refractivity contribution in [2.45, 2.75) is 0 Å². The highest BCUT2D eigenvalue weighted by Crippen LogP contribution is 1.97. The second-order valence-electron chi connectivity index (χ2n) is 1.78. The Labute approximate surface area is 59.1 Å². The lowest BCUT2D eigenvalue weighted by Crippen LogP contribution is -1.67. The fourth-order valence-electron chi connectivity index (χ4n) is 0.653. The van der Waals surface area contributed by atoms with Crippen molar-refractivity contribution in [2.75, 3.05) is 0 Å². The van der Waals surface area contributed by atoms with E-state index in [-0.39, 0.29) is 0 Å². The second-order valence-corrected chi connectivity index (χ2v) is 1.78. The van der Waals surface area contributed by atoms with E-state index in [4.69, 9.17) is 5.53 Å². The maximum atomic E-state index is 8.01. The molecule has 0 N–H and O–H groups in total. The van der Waals surface area contributed by atoms with Crippen molar-refractivity contribution in [2.24, 2.45) is 0 Å². The van der Waals surface area contributed by atoms with Crippen molar-refractivity contribution < 1.29 is 4.79 Å². The predicted octanol–water partition coefficient (Wildman–Crippen LogP) is 1.60. The molecule has 48 valence electrons. The molecule has 0 aromatic heterocycles. The fraction of sp³-hybridized carbons (Fsp3) is 0. The van der Waals surface area contributed by atoms with Gasteiger partial charge in [-0.15, -0.1) is 4.79 Å². The third kappa shape index (κ3) is 1.71. The summed E-state index contributed by atoms with van der Waals surface area (Å²) >= 11 is 0. The van der Waals surface area contributed by atoms with Crippen LogP contribution < -0.4 is 0 Å². The minimum atomic E-state index is 0.973. The summed E-state index contributed by atoms with van der Waals surface area (Å²) in [6.07, 6.45) is 1.60. The molecule has 1 rings (SSSR count). The maximum absolute atomic E-state index is 8.01. The molecule has 10 heavy (non-hydrogen) atoms. The highest BCUT2D eigenvalue weighted by Gasteiger charge is 1.80. The summed E-state index contributed by atoms with van der Waals surface area (Å²) in [7, 11) is 0. The molecule has 1 aromatic carbocycles. The van der Waals surface area contributed by atoms with Crippen molar-refractivity contribution in [3.63, 3.8) is 0 Å². The molecular formula is C8H6N2. The first-order valence-corrected chi connectivity index (χ1v) is 2.91. The van der Waals surface area contributed by atoms with Gasteiger partial charge in [-0.1, -0.05) is 30.3 Å². The average molecular weight is 130 g/mol. The lowest BCUT2D eigenvalue weighted by atomic mass is 10.2. The summed E-state index contributed by atoms with van der Waals surface area (Å²) in [5.41, 5.74) is 8.98. The highest BCUT2D eigenvalue weighted by atomic mass is 14.8. The Balaban J connectivity index is 2.97. The second kappa shape index (κ2) is 3.41. The van der Waals surface area contributed by atoms with Crippen LogP contribution in [0.4, 0.5) is 0 Å². The van der Waals surface area contributed by atoms with Gasteiger partial charge in [-0.2, -0.15) is 0 Å². The van der Waals surface area contributed by atoms with E-state index in [0.717, 1.165) is 5.56 Å². The van der Waals surface area contributed by atoms with Crippen molar-refractivity contribution in [1.29, 1.82) is 0 Å². The lowest BCUT2D eigenvalue weighted by molar-refractivity contribution is 0.00864. The smallest absolute Gasteiger partial charge is 0.300 e. The maximum Gasteiger partial charge on any atom is 0.300 e. The van der Waals surface area contributed by atoms with Crippen LogP contribution in [0.25, 0.3) is 11.6 Å². The Morgan fingerprint density at radius 3 is 2.60 bits per heavy atom. The molecule has 0 radical (unpaired) electrons. The van der Waals surface area contributed by atoms with Gasteiger partial charge in [0, 0.05) is 0 Å². The van der Waals surface area contributed by atoms with Gasteiger partial charge in [0.15, 0.2) is 0 Å². The van der Waals surface area contributed by atoms with Crippen molar-refractivity contribution >= 4 is 11.9 Å². The Kier molecular flexibility index (Phi) is 2.22. The first-order chi connectivity index (χ1) is 4.93. The van der Waals surface area contributed by atoms with E-state index in [9.17, 15) is 0 Å². The summed E-state index contributed by atoms with van der Waals surface area (Å²) < 4.78 is 0. The van der Waals surface area contributed by atoms with Crippen LogP contribution in [0, 0.1) is 0 Å². The Morgan fingerprint density at radius 2 is 2.00 bits per heavy atom. The number of benzene rings is 1. The van der Waals surface area contributed by atoms with Gasteiger partial charge in [-0.25, -0.2) is 0 Å². The van der Waals surface area contributed by atoms with Gasteiger partial charge in [-0.3, -0.25) is 0 Å². The van der Waals surface area contributed by atoms with Gasteiger partial charge >= 0.3 is 0 Å². The molecule has 0 aliphatic carbocycles. The average Bonchev–Trinajstić information content (AvgIpc) is 2.03. The summed E-state index contributed by atoms with van der Waals surface area (Å²) in [6.45, 7) is 0. The largest absolute Gasteiger partial charge is 0.348 e. The van der Waals surface area contributed by atoms with Crippen LogP contribution in [0.1, 0.15) is 5.56 Å². The Morgan fingerprint density at radius 1 is 1.30 bits per heavy atom. The minimum Gasteiger partial charge on any atom is -0.348 e. The summed E-state index contributed by atoms with van der Waals surface area (Å²) in [4.78, 5) is 2.73. The molecule has 0 heterocycles. The van der Waals surface area contributed by atoms with Crippen LogP contribution in [0.2, 0.25) is 0 Å². The van der Waals surface area contributed by atoms with E-state index >= 15 is 0 Å². The molecule has 2 nitrogen and oxygen atoms in total. The number of rotatable bonds is 1. The van der Waals surface area contributed by atoms with E-state index in [1.807, 2.05) is 30.3 Å². The quantitative estimate of drug-likeness (QED) is 0.314. The summed E-state index contributed by atoms with van der Waals surface area (Å²) in [5, 5.41) is 0. The molecule has 0 fully saturated rings. The summed E-state index contributed by atoms with van der Waals surface area (Å²) in [6, 6.07) is 9.54. The zero-order chi connectivity index (χ0) is 7.23. The molecule has 0 aliphatic rings. The molecule has 0 unspecified atom stereocenters. The number of hydrogen-bond donors (Lipinski definition) is 0. The van der Waals surface area contributed by atoms with Crippen molar-refractivity contribution in [1.82, 2.24) is 0 Å². The molecule has 0 saturated heterocycles. The molecule has 0 saturated carbocycles. The van der Waals surface area contributed by atoms with Gasteiger partial charge < -0.3 is 5.53 Å². The lowest BCUT2D eigenvalue weighted by Gasteiger charge is -1.83. The molecule has 2 heteroatoms. The van der Waals surface area contributed by atoms with E-state index in [1.165, 1.54) is 0 Å². The fourth-order valence-corrected chi connectivity index (χ4v) is 0.653. The Hall–Kier alpha value is -1.62. The van der Waals surface area contributed by atoms with Crippen LogP contribution >= 0.6 is 0 Å². The van der Waals surface area contributed by atoms with Crippen LogP contribution in [0.5, 0.6) is 0 Å². The van der Waals surface area contributed by atoms with Gasteiger partial charge in [-0.05, 0) is 5.56 Å². The number of nitrogens with zero attached hydrogens (tertiary/aromatic N) is 2. The molecule has 0 spiro atoms. The Bertz CT molecular complexity index is 277. The van der Waals surface area contributed by atoms with Gasteiger partial charge in [0.05, 0.1) is 6.08 Å². The SMILES string of the molecule is [N-]=[N+]=C=Cc1ccccc1. The first-order valence-electron chi connectivity index (χ1n) is 2.91. The summed E-state index contributed by atoms with van der Waals surface area (Å²) in [5.74, 6) is 2.32. The third-order valence-electron chi connectivity index (χ3n) is 1.09. The number of hydrogen-bond acceptors (Lipinski definition) is 0. The van der Waals surface area contributed by atoms with Gasteiger partial charge in [0.1, 0.15) is 0 Å². The van der Waals surface area contributed by atoms with E-state index in [2.05, 4.69) is 10.7 Å². The minimum absolute atomic E-state index is 0.973. The topological polar surface area (TPSA) is 36.4 Å². The normalized spacial score (nSPS) is 7.60. The van der Waals surface area contributed by atoms with Gasteiger partial charge in [0.25, 0.3) is 5.87 Å². The molecule has 0 bridgehead atoms. The highest BCUT2D eigenvalue weighted by molar-refractivity contribution is 5.74. The molecule has 0 amide bonds. The van der Waals surface area contributed by atoms with E-state index < -0.39 is 0 Å². The van der Waals surface area contributed by atoms with Crippen LogP contribution in [-0.2, 0) is 0 Å². The zero-order valence-corrected chi connectivity index (χ0v) is 5.36. The predicted molar refractivity (Wildman–Crippen MR) is 39.5 cm³/mol. The van der Waals surface area contributed by atoms with E-state index in [0.29, 0.717) is 0 Å². The van der Waals surface area contributed by atoms with Crippen LogP contribution in [0.3, 0.4) is 0 Å². The molecule has 1 aromatic rings. The van der Waals surface area contributed by atoms with Gasteiger partial charge in [0.2, 0.25) is 0 Å². The molecular weight excluding hydrogens is 124 g/mol. The standard InChI is InChI=1S/C8H6N2/c9-10-7-6-8-4-2-1-3-5-8/h1-6H. The van der Waals surface area contributed by atoms with Crippen LogP contribution in [0.15, 0.2) is 30.3 Å². The van der Waals surface area contributed by atoms with E-state index in [1.54, 1.807) is 6.08 Å². The zero-order valence-electron chi connectivity index (χ0n) is 5.36. The third-order valence-corrected chi connectivity index (χ3v) is 1.09. The first kappa shape index (κ1) is 6.50.